The van der Waals surface area contributed by atoms with Crippen LogP contribution in [-0.2, 0) is 23.1 Å². The highest BCUT2D eigenvalue weighted by Crippen LogP contribution is 2.51. The van der Waals surface area contributed by atoms with E-state index in [1.807, 2.05) is 6.92 Å². The number of aryl methyl sites for hydroxylation is 1. The number of aliphatic hydroxyl groups excluding tert-OH is 1. The van der Waals surface area contributed by atoms with Crippen LogP contribution in [0.4, 0.5) is 0 Å². The molecule has 0 unspecified atom stereocenters. The number of rotatable bonds is 7. The molecule has 2 fully saturated rings. The molecule has 1 amide bonds. The number of carboxylic acid groups (broad SMARTS) is 1. The Bertz CT molecular complexity index is 1160. The maximum Gasteiger partial charge on any atom is 0.323 e. The summed E-state index contributed by atoms with van der Waals surface area (Å²) in [6.45, 7) is 4.34. The number of aliphatic carboxylic acids is 1. The van der Waals surface area contributed by atoms with Crippen molar-refractivity contribution in [3.05, 3.63) is 27.9 Å². The van der Waals surface area contributed by atoms with E-state index >= 15 is 0 Å². The molecule has 3 aliphatic heterocycles. The summed E-state index contributed by atoms with van der Waals surface area (Å²) in [7, 11) is 2.06. The van der Waals surface area contributed by atoms with Gasteiger partial charge in [-0.2, -0.15) is 4.40 Å². The summed E-state index contributed by atoms with van der Waals surface area (Å²) >= 11 is 5.10. The van der Waals surface area contributed by atoms with E-state index in [2.05, 4.69) is 40.0 Å². The molecular formula is C22H28N4O4S3. The van der Waals surface area contributed by atoms with Crippen molar-refractivity contribution in [3.8, 4) is 0 Å². The van der Waals surface area contributed by atoms with Crippen molar-refractivity contribution in [1.29, 1.82) is 0 Å². The molecule has 3 aliphatic rings. The summed E-state index contributed by atoms with van der Waals surface area (Å²) in [5.74, 6) is -2.28. The van der Waals surface area contributed by atoms with Crippen molar-refractivity contribution in [1.82, 2.24) is 14.6 Å². The first-order chi connectivity index (χ1) is 15.7. The molecule has 2 aromatic rings. The molecule has 178 valence electrons. The van der Waals surface area contributed by atoms with Gasteiger partial charge >= 0.3 is 5.16 Å². The number of nitrogens with one attached hydrogen (secondary N) is 1. The third-order valence-corrected chi connectivity index (χ3v) is 10.4. The molecule has 5 heterocycles. The summed E-state index contributed by atoms with van der Waals surface area (Å²) in [6, 6.07) is 0.0322. The fourth-order valence-corrected chi connectivity index (χ4v) is 8.92. The normalized spacial score (nSPS) is 30.3. The Morgan fingerprint density at radius 1 is 1.48 bits per heavy atom. The van der Waals surface area contributed by atoms with Gasteiger partial charge in [-0.1, -0.05) is 18.3 Å². The van der Waals surface area contributed by atoms with Gasteiger partial charge < -0.3 is 25.2 Å². The largest absolute Gasteiger partial charge is 0.543 e. The minimum Gasteiger partial charge on any atom is -0.543 e. The molecule has 2 saturated heterocycles. The van der Waals surface area contributed by atoms with Gasteiger partial charge in [-0.3, -0.25) is 4.79 Å². The maximum atomic E-state index is 12.5. The Kier molecular flexibility index (Phi) is 6.05. The van der Waals surface area contributed by atoms with Crippen LogP contribution in [0, 0.1) is 11.8 Å². The molecule has 2 aromatic heterocycles. The Morgan fingerprint density at radius 2 is 2.24 bits per heavy atom. The molecule has 0 spiro atoms. The van der Waals surface area contributed by atoms with Crippen LogP contribution >= 0.6 is 34.9 Å². The number of carbonyl (C=O) groups excluding carboxylic acids is 2. The number of thioether (sulfide) groups is 2. The molecule has 6 atom stereocenters. The molecule has 33 heavy (non-hydrogen) atoms. The number of carboxylic acids is 1. The van der Waals surface area contributed by atoms with Gasteiger partial charge in [0.1, 0.15) is 12.4 Å². The van der Waals surface area contributed by atoms with E-state index < -0.39 is 18.0 Å². The molecule has 0 bridgehead atoms. The van der Waals surface area contributed by atoms with E-state index in [0.29, 0.717) is 10.9 Å². The lowest BCUT2D eigenvalue weighted by Crippen LogP contribution is -2.64. The quantitative estimate of drug-likeness (QED) is 0.317. The monoisotopic (exact) mass is 508 g/mol. The fraction of sp³-hybridized carbons (Fsp3) is 0.591. The first-order valence-electron chi connectivity index (χ1n) is 11.1. The molecule has 0 aromatic carbocycles. The summed E-state index contributed by atoms with van der Waals surface area (Å²) in [5, 5.41) is 27.0. The first kappa shape index (κ1) is 23.2. The van der Waals surface area contributed by atoms with Crippen molar-refractivity contribution in [2.24, 2.45) is 18.9 Å². The molecule has 8 nitrogen and oxygen atoms in total. The second kappa shape index (κ2) is 8.60. The van der Waals surface area contributed by atoms with E-state index in [1.165, 1.54) is 19.8 Å². The van der Waals surface area contributed by atoms with Crippen LogP contribution in [0.25, 0.3) is 4.83 Å². The van der Waals surface area contributed by atoms with Gasteiger partial charge in [0.25, 0.3) is 0 Å². The second-order valence-corrected chi connectivity index (χ2v) is 12.4. The highest BCUT2D eigenvalue weighted by molar-refractivity contribution is 8.03. The van der Waals surface area contributed by atoms with Crippen LogP contribution in [0.2, 0.25) is 0 Å². The molecule has 0 aliphatic carbocycles. The number of β-lactam (4-membered cyclic amide) rings is 1. The van der Waals surface area contributed by atoms with E-state index in [-0.39, 0.29) is 28.8 Å². The number of imidazole rings is 1. The second-order valence-electron chi connectivity index (χ2n) is 9.17. The highest BCUT2D eigenvalue weighted by Gasteiger charge is 2.58. The van der Waals surface area contributed by atoms with Crippen LogP contribution in [0.3, 0.4) is 0 Å². The van der Waals surface area contributed by atoms with Crippen molar-refractivity contribution >= 4 is 51.6 Å². The third kappa shape index (κ3) is 3.72. The van der Waals surface area contributed by atoms with Crippen molar-refractivity contribution < 1.29 is 24.4 Å². The van der Waals surface area contributed by atoms with Crippen LogP contribution in [0.5, 0.6) is 0 Å². The standard InChI is InChI=1S/C22H28N4O4S3/c1-10-17-16(11(2)27)20(28)26(17)18(21(29)30)19(10)33-13-5-12(23-7-13)6-14-8-25-15(32-14)9-24(3)22(25)31-4/h8-13,16-17,23,27H,5-7H2,1-4H3/t10-,11-,12+,13+,16-,17-/m1/s1. The van der Waals surface area contributed by atoms with Crippen LogP contribution in [0.1, 0.15) is 25.1 Å². The number of thiazole rings is 1. The van der Waals surface area contributed by atoms with E-state index in [0.717, 1.165) is 19.4 Å². The number of nitrogens with zero attached hydrogens (tertiary/aromatic N) is 3. The Hall–Kier alpha value is -1.53. The summed E-state index contributed by atoms with van der Waals surface area (Å²) in [6.07, 6.45) is 7.52. The van der Waals surface area contributed by atoms with Gasteiger partial charge in [-0.15, -0.1) is 11.8 Å². The molecule has 11 heteroatoms. The summed E-state index contributed by atoms with van der Waals surface area (Å²) < 4.78 is 4.38. The van der Waals surface area contributed by atoms with Crippen molar-refractivity contribution in [2.75, 3.05) is 12.8 Å². The minimum atomic E-state index is -1.31. The van der Waals surface area contributed by atoms with E-state index in [9.17, 15) is 19.8 Å². The zero-order chi connectivity index (χ0) is 23.6. The van der Waals surface area contributed by atoms with Crippen LogP contribution in [0.15, 0.2) is 28.2 Å². The lowest BCUT2D eigenvalue weighted by Gasteiger charge is -2.47. The van der Waals surface area contributed by atoms with Crippen molar-refractivity contribution in [2.45, 2.75) is 55.3 Å². The molecule has 0 saturated carbocycles. The van der Waals surface area contributed by atoms with Crippen LogP contribution in [-0.4, -0.2) is 62.5 Å². The number of amides is 1. The maximum absolute atomic E-state index is 12.5. The minimum absolute atomic E-state index is 0.00808. The van der Waals surface area contributed by atoms with Gasteiger partial charge in [0.2, 0.25) is 10.7 Å². The molecule has 0 radical (unpaired) electrons. The molecule has 5 rings (SSSR count). The lowest BCUT2D eigenvalue weighted by atomic mass is 9.79. The van der Waals surface area contributed by atoms with E-state index in [4.69, 9.17) is 0 Å². The highest BCUT2D eigenvalue weighted by atomic mass is 32.2. The average molecular weight is 509 g/mol. The topological polar surface area (TPSA) is 101 Å². The zero-order valence-electron chi connectivity index (χ0n) is 19.0. The van der Waals surface area contributed by atoms with Gasteiger partial charge in [0, 0.05) is 40.0 Å². The molecular weight excluding hydrogens is 480 g/mol. The number of hydrogen-bond donors (Lipinski definition) is 2. The summed E-state index contributed by atoms with van der Waals surface area (Å²) in [5.41, 5.74) is 0.00808. The smallest absolute Gasteiger partial charge is 0.323 e. The first-order valence-corrected chi connectivity index (χ1v) is 14.0. The van der Waals surface area contributed by atoms with Gasteiger partial charge in [-0.25, -0.2) is 4.57 Å². The van der Waals surface area contributed by atoms with Gasteiger partial charge in [0.05, 0.1) is 36.8 Å². The average Bonchev–Trinajstić information content (AvgIpc) is 3.45. The van der Waals surface area contributed by atoms with E-state index in [1.54, 1.807) is 41.8 Å². The predicted octanol–water partition coefficient (Wildman–Crippen LogP) is 0.372. The number of hydrogen-bond acceptors (Lipinski definition) is 8. The lowest BCUT2D eigenvalue weighted by molar-refractivity contribution is -0.708. The Labute approximate surface area is 205 Å². The SMILES string of the molecule is CSc1n2cc(C[C@@H]3C[C@H](SC4=C(C(=O)[O-])N5C(=O)[C@H]([C@@H](C)O)[C@H]5[C@H]4C)CN3)sc2c[n+]1C. The predicted molar refractivity (Wildman–Crippen MR) is 127 cm³/mol. The number of carbonyl (C=O) groups is 2. The number of aromatic nitrogens is 2. The zero-order valence-corrected chi connectivity index (χ0v) is 21.4. The fourth-order valence-electron chi connectivity index (χ4n) is 5.50. The summed E-state index contributed by atoms with van der Waals surface area (Å²) in [4.78, 5) is 29.1. The molecule has 2 N–H and O–H groups in total. The van der Waals surface area contributed by atoms with Crippen molar-refractivity contribution in [3.63, 3.8) is 0 Å². The number of fused-ring (bicyclic) bond motifs is 2. The Balaban J connectivity index is 1.28. The Morgan fingerprint density at radius 3 is 2.91 bits per heavy atom. The van der Waals surface area contributed by atoms with Gasteiger partial charge in [0.15, 0.2) is 0 Å². The van der Waals surface area contributed by atoms with Crippen LogP contribution < -0.4 is 15.0 Å². The van der Waals surface area contributed by atoms with Gasteiger partial charge in [-0.05, 0) is 31.4 Å². The third-order valence-electron chi connectivity index (χ3n) is 6.97. The number of aliphatic hydroxyl groups is 1.